The average molecular weight is 333 g/mol. The smallest absolute Gasteiger partial charge is 0.230 e. The predicted octanol–water partition coefficient (Wildman–Crippen LogP) is 3.06. The third kappa shape index (κ3) is 4.07. The number of hydrogen-bond acceptors (Lipinski definition) is 3. The Hall–Kier alpha value is -0.390. The van der Waals surface area contributed by atoms with Crippen LogP contribution in [-0.4, -0.2) is 30.9 Å². The van der Waals surface area contributed by atoms with Crippen molar-refractivity contribution in [1.82, 2.24) is 4.90 Å². The SMILES string of the molecule is CC(C(=O)N(C)CC(C)(C)CN)c1ccc(Br)s1. The Bertz CT molecular complexity index is 417. The Labute approximate surface area is 121 Å². The maximum absolute atomic E-state index is 12.3. The molecule has 1 aromatic heterocycles. The van der Waals surface area contributed by atoms with E-state index in [4.69, 9.17) is 5.73 Å². The van der Waals surface area contributed by atoms with Crippen molar-refractivity contribution in [3.05, 3.63) is 20.8 Å². The van der Waals surface area contributed by atoms with Crippen molar-refractivity contribution >= 4 is 33.2 Å². The van der Waals surface area contributed by atoms with E-state index in [1.165, 1.54) is 0 Å². The molecule has 0 saturated heterocycles. The number of rotatable bonds is 5. The van der Waals surface area contributed by atoms with Crippen LogP contribution in [0.4, 0.5) is 0 Å². The zero-order chi connectivity index (χ0) is 13.9. The molecule has 1 amide bonds. The highest BCUT2D eigenvalue weighted by molar-refractivity contribution is 9.11. The minimum Gasteiger partial charge on any atom is -0.345 e. The molecule has 0 fully saturated rings. The van der Waals surface area contributed by atoms with Gasteiger partial charge in [0.25, 0.3) is 0 Å². The molecular formula is C13H21BrN2OS. The second-order valence-electron chi connectivity index (χ2n) is 5.43. The molecule has 18 heavy (non-hydrogen) atoms. The second-order valence-corrected chi connectivity index (χ2v) is 7.92. The van der Waals surface area contributed by atoms with E-state index in [9.17, 15) is 4.79 Å². The van der Waals surface area contributed by atoms with E-state index in [0.717, 1.165) is 8.66 Å². The molecule has 102 valence electrons. The lowest BCUT2D eigenvalue weighted by molar-refractivity contribution is -0.132. The summed E-state index contributed by atoms with van der Waals surface area (Å²) in [6.07, 6.45) is 0. The molecule has 0 aromatic carbocycles. The van der Waals surface area contributed by atoms with Gasteiger partial charge in [0, 0.05) is 18.5 Å². The van der Waals surface area contributed by atoms with Gasteiger partial charge in [-0.25, -0.2) is 0 Å². The summed E-state index contributed by atoms with van der Waals surface area (Å²) in [5.74, 6) is 0.0470. The van der Waals surface area contributed by atoms with Crippen molar-refractivity contribution in [1.29, 1.82) is 0 Å². The van der Waals surface area contributed by atoms with Gasteiger partial charge in [0.15, 0.2) is 0 Å². The van der Waals surface area contributed by atoms with E-state index in [2.05, 4.69) is 29.8 Å². The third-order valence-corrected chi connectivity index (χ3v) is 4.79. The fourth-order valence-electron chi connectivity index (χ4n) is 1.80. The topological polar surface area (TPSA) is 46.3 Å². The van der Waals surface area contributed by atoms with Gasteiger partial charge in [0.1, 0.15) is 0 Å². The fraction of sp³-hybridized carbons (Fsp3) is 0.615. The highest BCUT2D eigenvalue weighted by atomic mass is 79.9. The molecule has 0 radical (unpaired) electrons. The van der Waals surface area contributed by atoms with Gasteiger partial charge in [-0.3, -0.25) is 4.79 Å². The minimum absolute atomic E-state index is 0.0415. The first kappa shape index (κ1) is 15.7. The number of thiophene rings is 1. The van der Waals surface area contributed by atoms with Crippen molar-refractivity contribution in [2.45, 2.75) is 26.7 Å². The summed E-state index contributed by atoms with van der Waals surface area (Å²) < 4.78 is 1.06. The van der Waals surface area contributed by atoms with Gasteiger partial charge in [0.05, 0.1) is 9.70 Å². The first-order valence-electron chi connectivity index (χ1n) is 5.97. The Morgan fingerprint density at radius 3 is 2.61 bits per heavy atom. The van der Waals surface area contributed by atoms with Crippen LogP contribution >= 0.6 is 27.3 Å². The molecule has 1 rings (SSSR count). The van der Waals surface area contributed by atoms with E-state index in [1.807, 2.05) is 26.1 Å². The lowest BCUT2D eigenvalue weighted by Gasteiger charge is -2.30. The van der Waals surface area contributed by atoms with Crippen LogP contribution in [0.2, 0.25) is 0 Å². The molecule has 1 aromatic rings. The standard InChI is InChI=1S/C13H21BrN2OS/c1-9(10-5-6-11(14)18-10)12(17)16(4)8-13(2,3)7-15/h5-6,9H,7-8,15H2,1-4H3. The minimum atomic E-state index is -0.0973. The van der Waals surface area contributed by atoms with Gasteiger partial charge in [-0.2, -0.15) is 0 Å². The molecule has 0 spiro atoms. The summed E-state index contributed by atoms with van der Waals surface area (Å²) in [5.41, 5.74) is 5.66. The van der Waals surface area contributed by atoms with Crippen LogP contribution in [0.25, 0.3) is 0 Å². The summed E-state index contributed by atoms with van der Waals surface area (Å²) in [6, 6.07) is 3.98. The summed E-state index contributed by atoms with van der Waals surface area (Å²) in [6.45, 7) is 7.35. The molecule has 3 nitrogen and oxygen atoms in total. The molecule has 1 heterocycles. The number of halogens is 1. The summed E-state index contributed by atoms with van der Waals surface area (Å²) in [4.78, 5) is 15.2. The van der Waals surface area contributed by atoms with E-state index >= 15 is 0 Å². The number of likely N-dealkylation sites (N-methyl/N-ethyl adjacent to an activating group) is 1. The van der Waals surface area contributed by atoms with Gasteiger partial charge in [-0.05, 0) is 46.9 Å². The quantitative estimate of drug-likeness (QED) is 0.900. The number of amides is 1. The molecule has 1 unspecified atom stereocenters. The fourth-order valence-corrected chi connectivity index (χ4v) is 3.27. The zero-order valence-electron chi connectivity index (χ0n) is 11.4. The van der Waals surface area contributed by atoms with Crippen LogP contribution in [0, 0.1) is 5.41 Å². The van der Waals surface area contributed by atoms with Crippen LogP contribution in [0.1, 0.15) is 31.6 Å². The number of hydrogen-bond donors (Lipinski definition) is 1. The van der Waals surface area contributed by atoms with E-state index in [0.29, 0.717) is 13.1 Å². The molecule has 2 N–H and O–H groups in total. The molecule has 0 aliphatic heterocycles. The molecular weight excluding hydrogens is 312 g/mol. The largest absolute Gasteiger partial charge is 0.345 e. The van der Waals surface area contributed by atoms with Gasteiger partial charge < -0.3 is 10.6 Å². The average Bonchev–Trinajstić information content (AvgIpc) is 2.73. The van der Waals surface area contributed by atoms with Gasteiger partial charge in [-0.1, -0.05) is 13.8 Å². The lowest BCUT2D eigenvalue weighted by atomic mass is 9.93. The molecule has 1 atom stereocenters. The first-order valence-corrected chi connectivity index (χ1v) is 7.58. The molecule has 0 aliphatic rings. The Kier molecular flexibility index (Phi) is 5.37. The molecule has 0 bridgehead atoms. The lowest BCUT2D eigenvalue weighted by Crippen LogP contribution is -2.41. The number of nitrogens with two attached hydrogens (primary N) is 1. The maximum atomic E-state index is 12.3. The molecule has 5 heteroatoms. The highest BCUT2D eigenvalue weighted by Crippen LogP contribution is 2.29. The summed E-state index contributed by atoms with van der Waals surface area (Å²) >= 11 is 5.03. The predicted molar refractivity (Wildman–Crippen MR) is 80.9 cm³/mol. The zero-order valence-corrected chi connectivity index (χ0v) is 13.8. The van der Waals surface area contributed by atoms with Crippen LogP contribution < -0.4 is 5.73 Å². The Morgan fingerprint density at radius 1 is 1.56 bits per heavy atom. The van der Waals surface area contributed by atoms with E-state index in [1.54, 1.807) is 16.2 Å². The molecule has 0 saturated carbocycles. The van der Waals surface area contributed by atoms with Crippen LogP contribution in [0.5, 0.6) is 0 Å². The van der Waals surface area contributed by atoms with E-state index < -0.39 is 0 Å². The van der Waals surface area contributed by atoms with Crippen molar-refractivity contribution in [3.63, 3.8) is 0 Å². The van der Waals surface area contributed by atoms with Crippen molar-refractivity contribution in [2.75, 3.05) is 20.1 Å². The Morgan fingerprint density at radius 2 is 2.17 bits per heavy atom. The summed E-state index contributed by atoms with van der Waals surface area (Å²) in [7, 11) is 1.85. The maximum Gasteiger partial charge on any atom is 0.230 e. The van der Waals surface area contributed by atoms with Crippen molar-refractivity contribution < 1.29 is 4.79 Å². The summed E-state index contributed by atoms with van der Waals surface area (Å²) in [5, 5.41) is 0. The van der Waals surface area contributed by atoms with Crippen molar-refractivity contribution in [3.8, 4) is 0 Å². The molecule has 0 aliphatic carbocycles. The van der Waals surface area contributed by atoms with Crippen LogP contribution in [0.3, 0.4) is 0 Å². The van der Waals surface area contributed by atoms with Gasteiger partial charge in [0.2, 0.25) is 5.91 Å². The number of carbonyl (C=O) groups excluding carboxylic acids is 1. The number of nitrogens with zero attached hydrogens (tertiary/aromatic N) is 1. The van der Waals surface area contributed by atoms with E-state index in [-0.39, 0.29) is 17.2 Å². The third-order valence-electron chi connectivity index (χ3n) is 2.99. The Balaban J connectivity index is 2.69. The normalized spacial score (nSPS) is 13.4. The van der Waals surface area contributed by atoms with Gasteiger partial charge in [-0.15, -0.1) is 11.3 Å². The van der Waals surface area contributed by atoms with Crippen LogP contribution in [0.15, 0.2) is 15.9 Å². The van der Waals surface area contributed by atoms with Gasteiger partial charge >= 0.3 is 0 Å². The first-order chi connectivity index (χ1) is 8.26. The second kappa shape index (κ2) is 6.17. The monoisotopic (exact) mass is 332 g/mol. The van der Waals surface area contributed by atoms with Crippen molar-refractivity contribution in [2.24, 2.45) is 11.1 Å². The number of carbonyl (C=O) groups is 1. The van der Waals surface area contributed by atoms with Crippen LogP contribution in [-0.2, 0) is 4.79 Å². The highest BCUT2D eigenvalue weighted by Gasteiger charge is 2.25.